The fourth-order valence-electron chi connectivity index (χ4n) is 3.69. The van der Waals surface area contributed by atoms with Gasteiger partial charge in [0.15, 0.2) is 0 Å². The average molecular weight is 681 g/mol. The molecule has 0 spiro atoms. The molecule has 0 aliphatic heterocycles. The fourth-order valence-corrected chi connectivity index (χ4v) is 4.72. The standard InChI is InChI=1S/C18H14N.C14H15FNSi.Ir/c1-2-7-15(8-3-1)13-16-9-6-10-17(14-16)18-11-4-5-12-19-18;1-17(2,3)13-8-9-14(16-10-13)11-4-6-12(15)7-5-11;/h1-9,11-12,14H,13H2;4,6-10H,1-3H3;/q2*-1;. The molecule has 37 heavy (non-hydrogen) atoms. The summed E-state index contributed by atoms with van der Waals surface area (Å²) in [5, 5.41) is 1.32. The minimum atomic E-state index is -1.30. The molecular formula is C32H29FIrN2Si-2. The maximum atomic E-state index is 12.8. The third kappa shape index (κ3) is 8.39. The molecule has 0 saturated heterocycles. The van der Waals surface area contributed by atoms with Gasteiger partial charge in [-0.25, -0.2) is 0 Å². The van der Waals surface area contributed by atoms with E-state index in [1.807, 2.05) is 48.8 Å². The second kappa shape index (κ2) is 13.3. The number of hydrogen-bond donors (Lipinski definition) is 0. The zero-order valence-electron chi connectivity index (χ0n) is 21.2. The molecule has 0 unspecified atom stereocenters. The molecule has 1 radical (unpaired) electrons. The van der Waals surface area contributed by atoms with Crippen molar-refractivity contribution in [3.63, 3.8) is 0 Å². The first-order valence-corrected chi connectivity index (χ1v) is 15.5. The van der Waals surface area contributed by atoms with Crippen molar-refractivity contribution in [2.24, 2.45) is 0 Å². The van der Waals surface area contributed by atoms with E-state index < -0.39 is 8.07 Å². The van der Waals surface area contributed by atoms with Crippen LogP contribution in [0.1, 0.15) is 11.1 Å². The molecule has 2 nitrogen and oxygen atoms in total. The molecule has 5 heteroatoms. The molecule has 5 rings (SSSR count). The van der Waals surface area contributed by atoms with Crippen LogP contribution in [0.3, 0.4) is 0 Å². The Morgan fingerprint density at radius 3 is 2.11 bits per heavy atom. The van der Waals surface area contributed by atoms with Gasteiger partial charge >= 0.3 is 0 Å². The fraction of sp³-hybridized carbons (Fsp3) is 0.125. The number of aromatic nitrogens is 2. The van der Waals surface area contributed by atoms with Gasteiger partial charge in [-0.15, -0.1) is 65.2 Å². The number of nitrogens with zero attached hydrogens (tertiary/aromatic N) is 2. The van der Waals surface area contributed by atoms with Crippen LogP contribution in [0.15, 0.2) is 109 Å². The van der Waals surface area contributed by atoms with Crippen LogP contribution in [0, 0.1) is 17.9 Å². The summed E-state index contributed by atoms with van der Waals surface area (Å²) in [6, 6.07) is 37.4. The van der Waals surface area contributed by atoms with Crippen molar-refractivity contribution in [3.05, 3.63) is 139 Å². The quantitative estimate of drug-likeness (QED) is 0.143. The van der Waals surface area contributed by atoms with Crippen LogP contribution in [0.5, 0.6) is 0 Å². The molecule has 3 aromatic carbocycles. The molecule has 0 aliphatic carbocycles. The molecule has 0 amide bonds. The summed E-state index contributed by atoms with van der Waals surface area (Å²) in [6.07, 6.45) is 4.68. The van der Waals surface area contributed by atoms with Crippen molar-refractivity contribution < 1.29 is 24.5 Å². The summed E-state index contributed by atoms with van der Waals surface area (Å²) in [7, 11) is -1.30. The Balaban J connectivity index is 0.000000201. The van der Waals surface area contributed by atoms with Crippen LogP contribution in [0.2, 0.25) is 19.6 Å². The summed E-state index contributed by atoms with van der Waals surface area (Å²) >= 11 is 0. The number of pyridine rings is 2. The normalized spacial score (nSPS) is 10.6. The van der Waals surface area contributed by atoms with E-state index in [1.165, 1.54) is 28.4 Å². The van der Waals surface area contributed by atoms with E-state index in [-0.39, 0.29) is 25.9 Å². The molecule has 2 heterocycles. The summed E-state index contributed by atoms with van der Waals surface area (Å²) < 4.78 is 12.8. The van der Waals surface area contributed by atoms with Gasteiger partial charge in [0.1, 0.15) is 0 Å². The minimum absolute atomic E-state index is 0. The predicted molar refractivity (Wildman–Crippen MR) is 149 cm³/mol. The zero-order valence-corrected chi connectivity index (χ0v) is 24.6. The van der Waals surface area contributed by atoms with Crippen molar-refractivity contribution in [2.75, 3.05) is 0 Å². The number of rotatable bonds is 5. The van der Waals surface area contributed by atoms with Gasteiger partial charge in [0, 0.05) is 38.3 Å². The molecule has 0 fully saturated rings. The average Bonchev–Trinajstić information content (AvgIpc) is 2.90. The monoisotopic (exact) mass is 681 g/mol. The van der Waals surface area contributed by atoms with Gasteiger partial charge in [-0.1, -0.05) is 74.2 Å². The van der Waals surface area contributed by atoms with Gasteiger partial charge in [0.25, 0.3) is 0 Å². The second-order valence-corrected chi connectivity index (χ2v) is 14.7. The third-order valence-corrected chi connectivity index (χ3v) is 7.77. The number of hydrogen-bond acceptors (Lipinski definition) is 2. The van der Waals surface area contributed by atoms with Crippen molar-refractivity contribution >= 4 is 13.3 Å². The van der Waals surface area contributed by atoms with Crippen LogP contribution in [-0.4, -0.2) is 18.0 Å². The van der Waals surface area contributed by atoms with E-state index in [4.69, 9.17) is 0 Å². The molecule has 0 saturated carbocycles. The topological polar surface area (TPSA) is 25.8 Å². The van der Waals surface area contributed by atoms with Crippen molar-refractivity contribution in [1.29, 1.82) is 0 Å². The Morgan fingerprint density at radius 2 is 1.49 bits per heavy atom. The summed E-state index contributed by atoms with van der Waals surface area (Å²) in [6.45, 7) is 6.86. The van der Waals surface area contributed by atoms with Gasteiger partial charge in [0.05, 0.1) is 8.07 Å². The maximum absolute atomic E-state index is 12.8. The largest absolute Gasteiger partial charge is 0.305 e. The summed E-state index contributed by atoms with van der Waals surface area (Å²) in [4.78, 5) is 8.79. The van der Waals surface area contributed by atoms with Crippen molar-refractivity contribution in [3.8, 4) is 22.5 Å². The Kier molecular flexibility index (Phi) is 10.2. The Bertz CT molecular complexity index is 1370. The van der Waals surface area contributed by atoms with E-state index in [2.05, 4.69) is 84.2 Å². The van der Waals surface area contributed by atoms with Crippen LogP contribution >= 0.6 is 0 Å². The third-order valence-electron chi connectivity index (χ3n) is 5.74. The summed E-state index contributed by atoms with van der Waals surface area (Å²) in [5.74, 6) is -0.271. The van der Waals surface area contributed by atoms with E-state index >= 15 is 0 Å². The van der Waals surface area contributed by atoms with Crippen molar-refractivity contribution in [2.45, 2.75) is 26.1 Å². The Morgan fingerprint density at radius 1 is 0.730 bits per heavy atom. The van der Waals surface area contributed by atoms with Crippen LogP contribution in [-0.2, 0) is 26.5 Å². The molecule has 0 aliphatic rings. The molecule has 189 valence electrons. The first kappa shape index (κ1) is 28.3. The van der Waals surface area contributed by atoms with E-state index in [9.17, 15) is 4.39 Å². The van der Waals surface area contributed by atoms with Gasteiger partial charge in [-0.3, -0.25) is 4.39 Å². The molecule has 0 bridgehead atoms. The maximum Gasteiger partial charge on any atom is 0.0795 e. The number of halogens is 1. The van der Waals surface area contributed by atoms with Crippen LogP contribution < -0.4 is 5.19 Å². The van der Waals surface area contributed by atoms with Gasteiger partial charge in [0.2, 0.25) is 0 Å². The molecule has 0 atom stereocenters. The molecule has 0 N–H and O–H groups in total. The summed E-state index contributed by atoms with van der Waals surface area (Å²) in [5.41, 5.74) is 6.29. The first-order chi connectivity index (χ1) is 17.4. The van der Waals surface area contributed by atoms with Gasteiger partial charge in [-0.05, 0) is 34.6 Å². The first-order valence-electron chi connectivity index (χ1n) is 12.0. The Labute approximate surface area is 234 Å². The van der Waals surface area contributed by atoms with E-state index in [1.54, 1.807) is 6.07 Å². The van der Waals surface area contributed by atoms with Gasteiger partial charge in [-0.2, -0.15) is 0 Å². The Hall–Kier alpha value is -3.24. The minimum Gasteiger partial charge on any atom is -0.305 e. The van der Waals surface area contributed by atoms with E-state index in [0.717, 1.165) is 28.9 Å². The second-order valence-electron chi connectivity index (χ2n) is 9.59. The SMILES string of the molecule is C[Si](C)(C)c1ccc(-c2[c-]cc(F)cc2)nc1.[Ir].[c-]1ccc(Cc2ccccc2)cc1-c1ccccn1. The smallest absolute Gasteiger partial charge is 0.0795 e. The molecule has 2 aromatic heterocycles. The molecule has 5 aromatic rings. The van der Waals surface area contributed by atoms with Gasteiger partial charge < -0.3 is 9.97 Å². The van der Waals surface area contributed by atoms with Crippen LogP contribution in [0.4, 0.5) is 4.39 Å². The predicted octanol–water partition coefficient (Wildman–Crippen LogP) is 7.37. The number of benzene rings is 3. The van der Waals surface area contributed by atoms with Crippen LogP contribution in [0.25, 0.3) is 22.5 Å². The van der Waals surface area contributed by atoms with Crippen molar-refractivity contribution in [1.82, 2.24) is 9.97 Å². The zero-order chi connectivity index (χ0) is 25.4. The molecular weight excluding hydrogens is 652 g/mol. The van der Waals surface area contributed by atoms with E-state index in [0.29, 0.717) is 0 Å².